The van der Waals surface area contributed by atoms with Gasteiger partial charge in [-0.2, -0.15) is 0 Å². The van der Waals surface area contributed by atoms with Crippen LogP contribution in [0.15, 0.2) is 18.2 Å². The quantitative estimate of drug-likeness (QED) is 0.853. The number of piperidine rings is 1. The molecular weight excluding hydrogens is 246 g/mol. The Morgan fingerprint density at radius 2 is 2.00 bits per heavy atom. The van der Waals surface area contributed by atoms with Crippen molar-refractivity contribution in [1.82, 2.24) is 9.88 Å². The van der Waals surface area contributed by atoms with Crippen LogP contribution in [0.3, 0.4) is 0 Å². The smallest absolute Gasteiger partial charge is 0.126 e. The minimum atomic E-state index is 0.564. The second kappa shape index (κ2) is 7.07. The monoisotopic (exact) mass is 275 g/mol. The van der Waals surface area contributed by atoms with E-state index in [1.165, 1.54) is 38.0 Å². The van der Waals surface area contributed by atoms with Crippen molar-refractivity contribution in [2.24, 2.45) is 5.41 Å². The summed E-state index contributed by atoms with van der Waals surface area (Å²) >= 11 is 0. The number of nitrogens with zero attached hydrogens (tertiary/aromatic N) is 2. The van der Waals surface area contributed by atoms with Crippen molar-refractivity contribution in [3.8, 4) is 0 Å². The van der Waals surface area contributed by atoms with Gasteiger partial charge in [0.05, 0.1) is 5.69 Å². The molecule has 1 aliphatic rings. The van der Waals surface area contributed by atoms with E-state index in [4.69, 9.17) is 4.98 Å². The summed E-state index contributed by atoms with van der Waals surface area (Å²) in [4.78, 5) is 7.25. The zero-order valence-corrected chi connectivity index (χ0v) is 13.3. The van der Waals surface area contributed by atoms with Crippen molar-refractivity contribution < 1.29 is 0 Å². The fourth-order valence-corrected chi connectivity index (χ4v) is 2.75. The maximum absolute atomic E-state index is 4.71. The third-order valence-electron chi connectivity index (χ3n) is 4.67. The first-order valence-corrected chi connectivity index (χ1v) is 8.07. The molecule has 0 amide bonds. The van der Waals surface area contributed by atoms with Crippen molar-refractivity contribution in [1.29, 1.82) is 0 Å². The van der Waals surface area contributed by atoms with Gasteiger partial charge in [0.1, 0.15) is 5.82 Å². The van der Waals surface area contributed by atoms with Crippen LogP contribution in [0.4, 0.5) is 5.82 Å². The normalized spacial score (nSPS) is 18.9. The van der Waals surface area contributed by atoms with Crippen LogP contribution in [0, 0.1) is 5.41 Å². The number of rotatable bonds is 6. The number of hydrogen-bond donors (Lipinski definition) is 1. The second-order valence-electron chi connectivity index (χ2n) is 6.38. The van der Waals surface area contributed by atoms with Crippen molar-refractivity contribution >= 4 is 5.82 Å². The predicted molar refractivity (Wildman–Crippen MR) is 85.9 cm³/mol. The minimum absolute atomic E-state index is 0.564. The first kappa shape index (κ1) is 15.3. The molecule has 1 aromatic heterocycles. The molecule has 0 bridgehead atoms. The molecule has 0 aliphatic carbocycles. The number of nitrogens with one attached hydrogen (secondary N) is 1. The average molecular weight is 275 g/mol. The molecule has 1 aromatic rings. The van der Waals surface area contributed by atoms with Crippen molar-refractivity contribution in [3.63, 3.8) is 0 Å². The zero-order valence-electron chi connectivity index (χ0n) is 13.3. The molecule has 3 nitrogen and oxygen atoms in total. The summed E-state index contributed by atoms with van der Waals surface area (Å²) < 4.78 is 0. The Labute approximate surface area is 123 Å². The highest BCUT2D eigenvalue weighted by atomic mass is 15.1. The third kappa shape index (κ3) is 4.20. The highest BCUT2D eigenvalue weighted by molar-refractivity contribution is 5.35. The third-order valence-corrected chi connectivity index (χ3v) is 4.67. The Hall–Kier alpha value is -1.09. The van der Waals surface area contributed by atoms with E-state index in [2.05, 4.69) is 49.2 Å². The van der Waals surface area contributed by atoms with Gasteiger partial charge in [-0.25, -0.2) is 4.98 Å². The fraction of sp³-hybridized carbons (Fsp3) is 0.706. The molecule has 0 atom stereocenters. The predicted octanol–water partition coefficient (Wildman–Crippen LogP) is 3.92. The van der Waals surface area contributed by atoms with Crippen LogP contribution in [0.25, 0.3) is 0 Å². The Morgan fingerprint density at radius 3 is 2.65 bits per heavy atom. The first-order chi connectivity index (χ1) is 9.65. The fourth-order valence-electron chi connectivity index (χ4n) is 2.75. The van der Waals surface area contributed by atoms with Crippen LogP contribution in [0.2, 0.25) is 0 Å². The van der Waals surface area contributed by atoms with Gasteiger partial charge in [-0.05, 0) is 49.9 Å². The van der Waals surface area contributed by atoms with Crippen molar-refractivity contribution in [3.05, 3.63) is 23.9 Å². The Kier molecular flexibility index (Phi) is 5.41. The van der Waals surface area contributed by atoms with E-state index in [0.29, 0.717) is 5.41 Å². The molecule has 1 N–H and O–H groups in total. The topological polar surface area (TPSA) is 28.2 Å². The average Bonchev–Trinajstić information content (AvgIpc) is 2.48. The van der Waals surface area contributed by atoms with Crippen LogP contribution in [-0.4, -0.2) is 29.5 Å². The van der Waals surface area contributed by atoms with Crippen LogP contribution in [0.5, 0.6) is 0 Å². The Morgan fingerprint density at radius 1 is 1.25 bits per heavy atom. The van der Waals surface area contributed by atoms with Gasteiger partial charge in [0, 0.05) is 13.1 Å². The summed E-state index contributed by atoms with van der Waals surface area (Å²) in [5, 5.41) is 3.36. The van der Waals surface area contributed by atoms with Gasteiger partial charge in [0.25, 0.3) is 0 Å². The maximum Gasteiger partial charge on any atom is 0.126 e. The molecule has 0 saturated carbocycles. The molecule has 3 heteroatoms. The van der Waals surface area contributed by atoms with E-state index in [9.17, 15) is 0 Å². The molecule has 112 valence electrons. The SMILES string of the molecule is CCCNc1cccc(CN2CCC(C)(CC)CC2)n1. The minimum Gasteiger partial charge on any atom is -0.370 e. The lowest BCUT2D eigenvalue weighted by atomic mass is 9.78. The molecule has 2 heterocycles. The summed E-state index contributed by atoms with van der Waals surface area (Å²) in [5.74, 6) is 1.01. The van der Waals surface area contributed by atoms with Gasteiger partial charge in [0.15, 0.2) is 0 Å². The van der Waals surface area contributed by atoms with E-state index >= 15 is 0 Å². The zero-order chi connectivity index (χ0) is 14.4. The number of aromatic nitrogens is 1. The molecule has 0 unspecified atom stereocenters. The van der Waals surface area contributed by atoms with Crippen molar-refractivity contribution in [2.45, 2.75) is 53.0 Å². The summed E-state index contributed by atoms with van der Waals surface area (Å²) in [6.07, 6.45) is 5.07. The number of likely N-dealkylation sites (tertiary alicyclic amines) is 1. The molecule has 0 radical (unpaired) electrons. The van der Waals surface area contributed by atoms with E-state index in [1.54, 1.807) is 0 Å². The maximum atomic E-state index is 4.71. The molecule has 2 rings (SSSR count). The summed E-state index contributed by atoms with van der Waals surface area (Å²) in [6.45, 7) is 11.3. The Balaban J connectivity index is 1.88. The highest BCUT2D eigenvalue weighted by Gasteiger charge is 2.28. The molecular formula is C17H29N3. The molecule has 1 aliphatic heterocycles. The van der Waals surface area contributed by atoms with E-state index in [-0.39, 0.29) is 0 Å². The summed E-state index contributed by atoms with van der Waals surface area (Å²) in [6, 6.07) is 6.31. The Bertz CT molecular complexity index is 408. The van der Waals surface area contributed by atoms with E-state index < -0.39 is 0 Å². The van der Waals surface area contributed by atoms with E-state index in [1.807, 2.05) is 0 Å². The van der Waals surface area contributed by atoms with Gasteiger partial charge < -0.3 is 5.32 Å². The van der Waals surface area contributed by atoms with Crippen molar-refractivity contribution in [2.75, 3.05) is 25.0 Å². The number of hydrogen-bond acceptors (Lipinski definition) is 3. The van der Waals surface area contributed by atoms with Crippen LogP contribution in [0.1, 0.15) is 52.1 Å². The van der Waals surface area contributed by atoms with E-state index in [0.717, 1.165) is 25.3 Å². The largest absolute Gasteiger partial charge is 0.370 e. The van der Waals surface area contributed by atoms with Gasteiger partial charge in [0.2, 0.25) is 0 Å². The van der Waals surface area contributed by atoms with Crippen LogP contribution >= 0.6 is 0 Å². The van der Waals surface area contributed by atoms with Gasteiger partial charge >= 0.3 is 0 Å². The number of pyridine rings is 1. The first-order valence-electron chi connectivity index (χ1n) is 8.07. The second-order valence-corrected chi connectivity index (χ2v) is 6.38. The lowest BCUT2D eigenvalue weighted by Crippen LogP contribution is -2.38. The van der Waals surface area contributed by atoms with Gasteiger partial charge in [-0.3, -0.25) is 4.90 Å². The van der Waals surface area contributed by atoms with Crippen LogP contribution in [-0.2, 0) is 6.54 Å². The molecule has 20 heavy (non-hydrogen) atoms. The molecule has 1 saturated heterocycles. The van der Waals surface area contributed by atoms with Gasteiger partial charge in [-0.1, -0.05) is 33.3 Å². The number of anilines is 1. The molecule has 1 fully saturated rings. The molecule has 0 spiro atoms. The standard InChI is InChI=1S/C17H29N3/c1-4-11-18-16-8-6-7-15(19-16)14-20-12-9-17(3,5-2)10-13-20/h6-8H,4-5,9-14H2,1-3H3,(H,18,19). The molecule has 0 aromatic carbocycles. The summed E-state index contributed by atoms with van der Waals surface area (Å²) in [5.41, 5.74) is 1.75. The summed E-state index contributed by atoms with van der Waals surface area (Å²) in [7, 11) is 0. The van der Waals surface area contributed by atoms with Gasteiger partial charge in [-0.15, -0.1) is 0 Å². The lowest BCUT2D eigenvalue weighted by Gasteiger charge is -2.38. The lowest BCUT2D eigenvalue weighted by molar-refractivity contribution is 0.109. The highest BCUT2D eigenvalue weighted by Crippen LogP contribution is 2.34. The van der Waals surface area contributed by atoms with Crippen LogP contribution < -0.4 is 5.32 Å².